The summed E-state index contributed by atoms with van der Waals surface area (Å²) >= 11 is 0. The summed E-state index contributed by atoms with van der Waals surface area (Å²) < 4.78 is 82.2. The lowest BCUT2D eigenvalue weighted by atomic mass is 9.80. The van der Waals surface area contributed by atoms with Crippen LogP contribution in [0.15, 0.2) is 120 Å². The fraction of sp³-hybridized carbons (Fsp3) is 0.392. The van der Waals surface area contributed by atoms with Crippen molar-refractivity contribution in [1.29, 1.82) is 5.26 Å². The molecule has 4 aromatic carbocycles. The quantitative estimate of drug-likeness (QED) is 0.0385. The first kappa shape index (κ1) is 53.2. The number of anilines is 1. The lowest BCUT2D eigenvalue weighted by Crippen LogP contribution is -2.44. The van der Waals surface area contributed by atoms with Crippen molar-refractivity contribution in [2.24, 2.45) is 0 Å². The zero-order valence-corrected chi connectivity index (χ0v) is 40.9. The molecule has 15 nitrogen and oxygen atoms in total. The number of carbonyl (C=O) groups excluding carboxylic acids is 2. The van der Waals surface area contributed by atoms with E-state index in [1.165, 1.54) is 10.8 Å². The largest absolute Gasteiger partial charge is 0.497 e. The third-order valence-corrected chi connectivity index (χ3v) is 14.1. The first-order valence-electron chi connectivity index (χ1n) is 22.7. The zero-order chi connectivity index (χ0) is 50.6. The van der Waals surface area contributed by atoms with Crippen molar-refractivity contribution in [2.75, 3.05) is 45.5 Å². The monoisotopic (exact) mass is 986 g/mol. The van der Waals surface area contributed by atoms with Crippen LogP contribution in [0.1, 0.15) is 73.0 Å². The summed E-state index contributed by atoms with van der Waals surface area (Å²) in [4.78, 5) is 43.6. The van der Waals surface area contributed by atoms with Crippen molar-refractivity contribution in [1.82, 2.24) is 19.5 Å². The Morgan fingerprint density at radius 3 is 1.94 bits per heavy atom. The van der Waals surface area contributed by atoms with Gasteiger partial charge >= 0.3 is 17.8 Å². The summed E-state index contributed by atoms with van der Waals surface area (Å²) in [5, 5.41) is 14.4. The minimum atomic E-state index is -5.14. The van der Waals surface area contributed by atoms with Crippen LogP contribution in [0.2, 0.25) is 0 Å². The van der Waals surface area contributed by atoms with Crippen molar-refractivity contribution in [2.45, 2.75) is 89.4 Å². The molecule has 0 bridgehead atoms. The van der Waals surface area contributed by atoms with E-state index in [0.717, 1.165) is 5.56 Å². The number of methoxy groups -OCH3 is 2. The molecular formula is C51H58F3N6O9P. The highest BCUT2D eigenvalue weighted by Gasteiger charge is 2.51. The Balaban J connectivity index is 1.50. The molecular weight excluding hydrogens is 929 g/mol. The number of rotatable bonds is 22. The SMILES string of the molecule is COc1ccc(C(OC[C@H]2O[C@@H](n3cc(C)c(NC(=O)c4ccccc4)nc3=O)[C@H](OCCNC(=O)C(F)(F)F)[C@@H]2OP(CCC#N)N(C(C)C)C(C)C)(c2ccccc2)c2ccc(OC)cc2)cc1. The van der Waals surface area contributed by atoms with Gasteiger partial charge in [0.15, 0.2) is 6.23 Å². The van der Waals surface area contributed by atoms with E-state index < -0.39 is 75.3 Å². The summed E-state index contributed by atoms with van der Waals surface area (Å²) in [5.41, 5.74) is 0.632. The third-order valence-electron chi connectivity index (χ3n) is 11.5. The van der Waals surface area contributed by atoms with Crippen LogP contribution in [0.3, 0.4) is 0 Å². The summed E-state index contributed by atoms with van der Waals surface area (Å²) in [5.74, 6) is -1.46. The molecule has 1 fully saturated rings. The predicted molar refractivity (Wildman–Crippen MR) is 258 cm³/mol. The molecule has 0 spiro atoms. The van der Waals surface area contributed by atoms with Crippen molar-refractivity contribution in [3.8, 4) is 17.6 Å². The van der Waals surface area contributed by atoms with Crippen molar-refractivity contribution >= 4 is 25.9 Å². The third kappa shape index (κ3) is 12.6. The highest BCUT2D eigenvalue weighted by Crippen LogP contribution is 2.51. The molecule has 70 heavy (non-hydrogen) atoms. The zero-order valence-electron chi connectivity index (χ0n) is 40.0. The number of nitrogens with zero attached hydrogens (tertiary/aromatic N) is 4. The number of benzene rings is 4. The molecule has 2 heterocycles. The summed E-state index contributed by atoms with van der Waals surface area (Å²) in [6, 6.07) is 34.8. The van der Waals surface area contributed by atoms with Gasteiger partial charge in [0.25, 0.3) is 5.91 Å². The molecule has 0 saturated carbocycles. The molecule has 5 aromatic rings. The molecule has 1 aromatic heterocycles. The minimum absolute atomic E-state index is 0.00993. The second kappa shape index (κ2) is 24.1. The molecule has 1 saturated heterocycles. The molecule has 5 atom stereocenters. The van der Waals surface area contributed by atoms with Gasteiger partial charge in [-0.1, -0.05) is 72.8 Å². The number of hydrogen-bond acceptors (Lipinski definition) is 12. The van der Waals surface area contributed by atoms with Crippen molar-refractivity contribution in [3.05, 3.63) is 154 Å². The number of ether oxygens (including phenoxy) is 5. The molecule has 19 heteroatoms. The number of carbonyl (C=O) groups is 2. The Morgan fingerprint density at radius 2 is 1.41 bits per heavy atom. The average molecular weight is 987 g/mol. The van der Waals surface area contributed by atoms with Crippen molar-refractivity contribution in [3.63, 3.8) is 0 Å². The second-order valence-corrected chi connectivity index (χ2v) is 18.7. The van der Waals surface area contributed by atoms with Gasteiger partial charge in [-0.3, -0.25) is 18.8 Å². The maximum Gasteiger partial charge on any atom is 0.471 e. The summed E-state index contributed by atoms with van der Waals surface area (Å²) in [6.45, 7) is 8.37. The number of amides is 2. The molecule has 0 radical (unpaired) electrons. The molecule has 0 aliphatic carbocycles. The van der Waals surface area contributed by atoms with E-state index in [0.29, 0.717) is 39.9 Å². The minimum Gasteiger partial charge on any atom is -0.497 e. The first-order chi connectivity index (χ1) is 33.5. The number of aromatic nitrogens is 2. The summed E-state index contributed by atoms with van der Waals surface area (Å²) in [6.07, 6.45) is -8.11. The molecule has 1 unspecified atom stereocenters. The Hall–Kier alpha value is -6.19. The van der Waals surface area contributed by atoms with Crippen LogP contribution in [-0.2, 0) is 29.1 Å². The Kier molecular flexibility index (Phi) is 18.3. The van der Waals surface area contributed by atoms with Crippen LogP contribution in [-0.4, -0.2) is 103 Å². The normalized spacial score (nSPS) is 17.6. The maximum atomic E-state index is 14.3. The van der Waals surface area contributed by atoms with E-state index in [-0.39, 0.29) is 30.9 Å². The fourth-order valence-electron chi connectivity index (χ4n) is 8.38. The van der Waals surface area contributed by atoms with Crippen LogP contribution in [0.25, 0.3) is 0 Å². The lowest BCUT2D eigenvalue weighted by Gasteiger charge is -2.40. The number of hydrogen-bond donors (Lipinski definition) is 2. The fourth-order valence-corrected chi connectivity index (χ4v) is 10.7. The van der Waals surface area contributed by atoms with Crippen LogP contribution >= 0.6 is 8.30 Å². The number of nitrogens with one attached hydrogen (secondary N) is 2. The average Bonchev–Trinajstić information content (AvgIpc) is 3.69. The highest BCUT2D eigenvalue weighted by atomic mass is 31.2. The van der Waals surface area contributed by atoms with Gasteiger partial charge in [-0.15, -0.1) is 0 Å². The molecule has 2 amide bonds. The van der Waals surface area contributed by atoms with E-state index in [1.54, 1.807) is 51.5 Å². The highest BCUT2D eigenvalue weighted by molar-refractivity contribution is 7.50. The number of alkyl halides is 3. The van der Waals surface area contributed by atoms with Gasteiger partial charge in [0, 0.05) is 48.5 Å². The predicted octanol–water partition coefficient (Wildman–Crippen LogP) is 8.52. The van der Waals surface area contributed by atoms with E-state index in [9.17, 15) is 32.8 Å². The Labute approximate surface area is 406 Å². The van der Waals surface area contributed by atoms with Gasteiger partial charge in [-0.05, 0) is 87.7 Å². The van der Waals surface area contributed by atoms with Crippen LogP contribution < -0.4 is 25.8 Å². The molecule has 1 aliphatic rings. The van der Waals surface area contributed by atoms with E-state index in [1.807, 2.05) is 112 Å². The van der Waals surface area contributed by atoms with Crippen LogP contribution in [0.4, 0.5) is 19.0 Å². The summed E-state index contributed by atoms with van der Waals surface area (Å²) in [7, 11) is 1.49. The van der Waals surface area contributed by atoms with Crippen LogP contribution in [0, 0.1) is 18.3 Å². The van der Waals surface area contributed by atoms with Gasteiger partial charge in [-0.25, -0.2) is 4.79 Å². The molecule has 1 aliphatic heterocycles. The topological polar surface area (TPSA) is 176 Å². The van der Waals surface area contributed by atoms with Crippen LogP contribution in [0.5, 0.6) is 11.5 Å². The number of nitriles is 1. The lowest BCUT2D eigenvalue weighted by molar-refractivity contribution is -0.174. The molecule has 372 valence electrons. The number of halogens is 3. The van der Waals surface area contributed by atoms with Gasteiger partial charge in [0.1, 0.15) is 49.5 Å². The van der Waals surface area contributed by atoms with E-state index >= 15 is 0 Å². The maximum absolute atomic E-state index is 14.3. The first-order valence-corrected chi connectivity index (χ1v) is 24.1. The van der Waals surface area contributed by atoms with Gasteiger partial charge in [0.05, 0.1) is 33.5 Å². The molecule has 6 rings (SSSR count). The second-order valence-electron chi connectivity index (χ2n) is 16.9. The number of aryl methyl sites for hydroxylation is 1. The van der Waals surface area contributed by atoms with Gasteiger partial charge in [-0.2, -0.15) is 23.4 Å². The van der Waals surface area contributed by atoms with Gasteiger partial charge < -0.3 is 38.8 Å². The van der Waals surface area contributed by atoms with Gasteiger partial charge in [0.2, 0.25) is 0 Å². The smallest absolute Gasteiger partial charge is 0.471 e. The Bertz CT molecular complexity index is 2540. The van der Waals surface area contributed by atoms with E-state index in [2.05, 4.69) is 21.0 Å². The standard InChI is InChI=1S/C51H58F3N6O9P/c1-33(2)60(34(3)4)70(30-14-27-55)69-43-42(32-67-50(37-17-12-9-13-18-37,38-19-23-40(64-6)24-20-38)39-21-25-41(65-7)26-22-39)68-47(44(43)66-29-28-56-48(62)51(52,53)54)59-31-35(5)45(58-49(59)63)57-46(61)36-15-10-8-11-16-36/h8-13,15-26,31,33-34,42-44,47H,14,28-30,32H2,1-7H3,(H,56,62)(H,57,58,61,63)/t42-,43-,44-,47-,70?/m1/s1. The molecule has 2 N–H and O–H groups in total. The van der Waals surface area contributed by atoms with Crippen molar-refractivity contribution < 1.29 is 51.0 Å². The van der Waals surface area contributed by atoms with E-state index in [4.69, 9.17) is 28.2 Å². The Morgan fingerprint density at radius 1 is 0.857 bits per heavy atom.